The van der Waals surface area contributed by atoms with Crippen molar-refractivity contribution >= 4 is 0 Å². The van der Waals surface area contributed by atoms with Crippen LogP contribution in [0.3, 0.4) is 0 Å². The third kappa shape index (κ3) is 2.42. The minimum atomic E-state index is -6.50. The first-order valence-electron chi connectivity index (χ1n) is 5.18. The fourth-order valence-corrected chi connectivity index (χ4v) is 1.34. The molecule has 2 heterocycles. The van der Waals surface area contributed by atoms with Crippen molar-refractivity contribution in [1.82, 2.24) is 20.1 Å². The topological polar surface area (TPSA) is 84.7 Å². The summed E-state index contributed by atoms with van der Waals surface area (Å²) in [6, 6.07) is 0.132. The molecule has 0 spiro atoms. The second-order valence-corrected chi connectivity index (χ2v) is 3.88. The molecule has 0 radical (unpaired) electrons. The van der Waals surface area contributed by atoms with E-state index in [2.05, 4.69) is 19.6 Å². The van der Waals surface area contributed by atoms with Crippen molar-refractivity contribution in [2.75, 3.05) is 0 Å². The molecule has 13 heteroatoms. The average molecular weight is 332 g/mol. The maximum atomic E-state index is 13.5. The van der Waals surface area contributed by atoms with Gasteiger partial charge in [-0.1, -0.05) is 5.16 Å². The Morgan fingerprint density at radius 1 is 1.05 bits per heavy atom. The van der Waals surface area contributed by atoms with Gasteiger partial charge in [0.2, 0.25) is 5.82 Å². The maximum Gasteiger partial charge on any atom is 0.460 e. The lowest BCUT2D eigenvalue weighted by atomic mass is 10.1. The van der Waals surface area contributed by atoms with E-state index in [1.54, 1.807) is 0 Å². The van der Waals surface area contributed by atoms with Gasteiger partial charge in [0, 0.05) is 0 Å². The van der Waals surface area contributed by atoms with E-state index in [1.165, 1.54) is 0 Å². The van der Waals surface area contributed by atoms with E-state index < -0.39 is 41.0 Å². The Morgan fingerprint density at radius 3 is 2.18 bits per heavy atom. The highest BCUT2D eigenvalue weighted by atomic mass is 19.4. The maximum absolute atomic E-state index is 13.5. The minimum absolute atomic E-state index is 0.132. The number of nitrogens with one attached hydrogen (secondary N) is 1. The van der Waals surface area contributed by atoms with Crippen LogP contribution in [0.2, 0.25) is 0 Å². The van der Waals surface area contributed by atoms with E-state index in [0.29, 0.717) is 6.33 Å². The van der Waals surface area contributed by atoms with Crippen LogP contribution in [-0.2, 0) is 5.92 Å². The Morgan fingerprint density at radius 2 is 1.68 bits per heavy atom. The number of alkyl halides is 7. The summed E-state index contributed by atoms with van der Waals surface area (Å²) in [6.45, 7) is 0. The van der Waals surface area contributed by atoms with E-state index in [-0.39, 0.29) is 6.07 Å². The summed E-state index contributed by atoms with van der Waals surface area (Å²) in [5, 5.41) is 3.03. The highest BCUT2D eigenvalue weighted by Gasteiger charge is 2.74. The van der Waals surface area contributed by atoms with Crippen LogP contribution in [0.15, 0.2) is 21.7 Å². The lowest BCUT2D eigenvalue weighted by Crippen LogP contribution is -2.50. The Hall–Kier alpha value is -2.47. The van der Waals surface area contributed by atoms with Crippen molar-refractivity contribution in [3.05, 3.63) is 28.6 Å². The standard InChI is InChI=1S/C9H3F7N4O2/c10-7(11,8(12,13)9(14,15)16)4-1-3(17-2-18-4)5-19-6(21)22-20-5/h1-2H,(H,19,20,21). The summed E-state index contributed by atoms with van der Waals surface area (Å²) in [7, 11) is 0. The third-order valence-corrected chi connectivity index (χ3v) is 2.42. The van der Waals surface area contributed by atoms with Crippen LogP contribution in [-0.4, -0.2) is 32.2 Å². The van der Waals surface area contributed by atoms with Gasteiger partial charge in [0.25, 0.3) is 0 Å². The average Bonchev–Trinajstić information content (AvgIpc) is 2.84. The molecule has 2 rings (SSSR count). The number of aromatic amines is 1. The van der Waals surface area contributed by atoms with Crippen LogP contribution in [0.5, 0.6) is 0 Å². The summed E-state index contributed by atoms with van der Waals surface area (Å²) in [5.41, 5.74) is -2.53. The molecular formula is C9H3F7N4O2. The summed E-state index contributed by atoms with van der Waals surface area (Å²) in [6.07, 6.45) is -6.18. The van der Waals surface area contributed by atoms with Crippen LogP contribution in [0, 0.1) is 0 Å². The number of nitrogens with zero attached hydrogens (tertiary/aromatic N) is 3. The molecule has 0 aliphatic carbocycles. The zero-order valence-electron chi connectivity index (χ0n) is 9.96. The zero-order chi connectivity index (χ0) is 16.8. The fourth-order valence-electron chi connectivity index (χ4n) is 1.34. The quantitative estimate of drug-likeness (QED) is 0.870. The van der Waals surface area contributed by atoms with Crippen LogP contribution in [0.1, 0.15) is 5.69 Å². The summed E-state index contributed by atoms with van der Waals surface area (Å²) < 4.78 is 93.0. The Labute approximate surface area is 115 Å². The van der Waals surface area contributed by atoms with Crippen LogP contribution in [0.25, 0.3) is 11.5 Å². The number of aromatic nitrogens is 4. The molecular weight excluding hydrogens is 329 g/mol. The smallest absolute Gasteiger partial charge is 0.296 e. The molecule has 2 aromatic rings. The van der Waals surface area contributed by atoms with Gasteiger partial charge < -0.3 is 0 Å². The van der Waals surface area contributed by atoms with E-state index in [9.17, 15) is 35.5 Å². The van der Waals surface area contributed by atoms with Gasteiger partial charge in [-0.3, -0.25) is 9.51 Å². The molecule has 0 saturated carbocycles. The second kappa shape index (κ2) is 4.78. The van der Waals surface area contributed by atoms with E-state index in [4.69, 9.17) is 0 Å². The molecule has 0 amide bonds. The van der Waals surface area contributed by atoms with Gasteiger partial charge in [-0.2, -0.15) is 30.7 Å². The molecule has 0 unspecified atom stereocenters. The zero-order valence-corrected chi connectivity index (χ0v) is 9.96. The predicted octanol–water partition coefficient (Wildman–Crippen LogP) is 2.11. The summed E-state index contributed by atoms with van der Waals surface area (Å²) in [4.78, 5) is 18.6. The van der Waals surface area contributed by atoms with E-state index in [0.717, 1.165) is 0 Å². The van der Waals surface area contributed by atoms with Gasteiger partial charge in [-0.05, 0) is 6.07 Å². The van der Waals surface area contributed by atoms with Gasteiger partial charge in [0.05, 0.1) is 0 Å². The molecule has 120 valence electrons. The lowest BCUT2D eigenvalue weighted by molar-refractivity contribution is -0.360. The first-order valence-corrected chi connectivity index (χ1v) is 5.18. The molecule has 6 nitrogen and oxygen atoms in total. The molecule has 0 fully saturated rings. The van der Waals surface area contributed by atoms with Gasteiger partial charge in [-0.25, -0.2) is 14.8 Å². The number of hydrogen-bond donors (Lipinski definition) is 1. The molecule has 2 aromatic heterocycles. The van der Waals surface area contributed by atoms with Gasteiger partial charge in [0.15, 0.2) is 0 Å². The molecule has 0 aliphatic heterocycles. The monoisotopic (exact) mass is 332 g/mol. The molecule has 0 atom stereocenters. The Kier molecular flexibility index (Phi) is 3.45. The summed E-state index contributed by atoms with van der Waals surface area (Å²) >= 11 is 0. The van der Waals surface area contributed by atoms with Crippen LogP contribution < -0.4 is 5.76 Å². The van der Waals surface area contributed by atoms with Crippen molar-refractivity contribution in [3.8, 4) is 11.5 Å². The molecule has 22 heavy (non-hydrogen) atoms. The lowest BCUT2D eigenvalue weighted by Gasteiger charge is -2.27. The van der Waals surface area contributed by atoms with Gasteiger partial charge >= 0.3 is 23.8 Å². The van der Waals surface area contributed by atoms with Gasteiger partial charge in [0.1, 0.15) is 17.7 Å². The van der Waals surface area contributed by atoms with Crippen molar-refractivity contribution in [3.63, 3.8) is 0 Å². The highest BCUT2D eigenvalue weighted by molar-refractivity contribution is 5.48. The fraction of sp³-hybridized carbons (Fsp3) is 0.333. The largest absolute Gasteiger partial charge is 0.460 e. The third-order valence-electron chi connectivity index (χ3n) is 2.42. The van der Waals surface area contributed by atoms with Crippen molar-refractivity contribution < 1.29 is 35.3 Å². The molecule has 1 N–H and O–H groups in total. The Balaban J connectivity index is 2.51. The van der Waals surface area contributed by atoms with Gasteiger partial charge in [-0.15, -0.1) is 0 Å². The molecule has 0 aromatic carbocycles. The highest BCUT2D eigenvalue weighted by Crippen LogP contribution is 2.51. The minimum Gasteiger partial charge on any atom is -0.296 e. The number of H-pyrrole nitrogens is 1. The summed E-state index contributed by atoms with van der Waals surface area (Å²) in [5.74, 6) is -13.7. The molecule has 0 saturated heterocycles. The first-order chi connectivity index (χ1) is 9.97. The Bertz CT molecular complexity index is 736. The van der Waals surface area contributed by atoms with E-state index >= 15 is 0 Å². The van der Waals surface area contributed by atoms with Crippen molar-refractivity contribution in [1.29, 1.82) is 0 Å². The second-order valence-electron chi connectivity index (χ2n) is 3.88. The predicted molar refractivity (Wildman–Crippen MR) is 53.0 cm³/mol. The van der Waals surface area contributed by atoms with Crippen LogP contribution in [0.4, 0.5) is 30.7 Å². The number of hydrogen-bond acceptors (Lipinski definition) is 5. The van der Waals surface area contributed by atoms with Crippen molar-refractivity contribution in [2.45, 2.75) is 18.0 Å². The molecule has 0 aliphatic rings. The van der Waals surface area contributed by atoms with Crippen molar-refractivity contribution in [2.24, 2.45) is 0 Å². The molecule has 0 bridgehead atoms. The SMILES string of the molecule is O=c1[nH]c(-c2cc(C(F)(F)C(F)(F)C(F)(F)F)ncn2)no1. The normalized spacial score (nSPS) is 13.4. The first kappa shape index (κ1) is 15.9. The van der Waals surface area contributed by atoms with Crippen LogP contribution >= 0.6 is 0 Å². The number of halogens is 7. The number of rotatable bonds is 3. The van der Waals surface area contributed by atoms with E-state index in [1.807, 2.05) is 4.98 Å².